The minimum absolute atomic E-state index is 0.000959. The largest absolute Gasteiger partial charge is 0.444 e. The predicted octanol–water partition coefficient (Wildman–Crippen LogP) is 4.18. The fourth-order valence-electron chi connectivity index (χ4n) is 5.42. The van der Waals surface area contributed by atoms with Crippen LogP contribution in [0, 0.1) is 17.3 Å². The number of hydrogen-bond acceptors (Lipinski definition) is 6. The number of nitrogens with zero attached hydrogens (tertiary/aromatic N) is 1. The quantitative estimate of drug-likeness (QED) is 0.490. The molecule has 0 radical (unpaired) electrons. The normalized spacial score (nSPS) is 32.8. The van der Waals surface area contributed by atoms with E-state index < -0.39 is 25.4 Å². The molecule has 1 heterocycles. The van der Waals surface area contributed by atoms with Crippen LogP contribution in [0.15, 0.2) is 0 Å². The number of carbonyl (C=O) groups is 3. The van der Waals surface area contributed by atoms with Gasteiger partial charge in [0.05, 0.1) is 17.6 Å². The van der Waals surface area contributed by atoms with E-state index in [2.05, 4.69) is 19.6 Å². The summed E-state index contributed by atoms with van der Waals surface area (Å²) in [7, 11) is -1.94. The Hall–Kier alpha value is -1.25. The van der Waals surface area contributed by atoms with Crippen molar-refractivity contribution in [3.05, 3.63) is 0 Å². The molecule has 5 atom stereocenters. The molecule has 1 spiro atoms. The molecular weight excluding hydrogens is 426 g/mol. The fourth-order valence-corrected chi connectivity index (χ4v) is 6.63. The van der Waals surface area contributed by atoms with Gasteiger partial charge in [-0.3, -0.25) is 4.79 Å². The lowest BCUT2D eigenvalue weighted by atomic mass is 9.55. The predicted molar refractivity (Wildman–Crippen MR) is 126 cm³/mol. The number of Topliss-reactive ketones (excluding diaryl/α,β-unsaturated/α-hetero) is 1. The van der Waals surface area contributed by atoms with Crippen molar-refractivity contribution < 1.29 is 28.7 Å². The van der Waals surface area contributed by atoms with Crippen molar-refractivity contribution >= 4 is 26.5 Å². The van der Waals surface area contributed by atoms with Crippen molar-refractivity contribution in [1.29, 1.82) is 0 Å². The van der Waals surface area contributed by atoms with Crippen LogP contribution in [-0.2, 0) is 18.8 Å². The summed E-state index contributed by atoms with van der Waals surface area (Å²) >= 11 is 0. The molecule has 0 aromatic carbocycles. The SMILES string of the molecule is C[C@H]1C[C@H](O)[C@@]2(CCCN(C(=O)OC(C)(C)C)CCCC2=O)[C@H](CC=O)[C@H]1O[Si](C)(C)C. The van der Waals surface area contributed by atoms with E-state index in [1.807, 2.05) is 27.7 Å². The van der Waals surface area contributed by atoms with Crippen molar-refractivity contribution in [2.24, 2.45) is 17.3 Å². The summed E-state index contributed by atoms with van der Waals surface area (Å²) in [5.41, 5.74) is -1.60. The van der Waals surface area contributed by atoms with E-state index in [4.69, 9.17) is 9.16 Å². The Morgan fingerprint density at radius 1 is 1.25 bits per heavy atom. The number of aldehydes is 1. The third kappa shape index (κ3) is 6.41. The van der Waals surface area contributed by atoms with Gasteiger partial charge in [0.25, 0.3) is 0 Å². The van der Waals surface area contributed by atoms with E-state index in [-0.39, 0.29) is 42.7 Å². The summed E-state index contributed by atoms with van der Waals surface area (Å²) in [5.74, 6) is -0.295. The Bertz CT molecular complexity index is 685. The molecular formula is C24H43NO6Si. The maximum Gasteiger partial charge on any atom is 0.410 e. The summed E-state index contributed by atoms with van der Waals surface area (Å²) in [5, 5.41) is 11.3. The van der Waals surface area contributed by atoms with Gasteiger partial charge in [-0.25, -0.2) is 4.79 Å². The lowest BCUT2D eigenvalue weighted by molar-refractivity contribution is -0.165. The van der Waals surface area contributed by atoms with Gasteiger partial charge in [-0.15, -0.1) is 0 Å². The van der Waals surface area contributed by atoms with Gasteiger partial charge in [0.2, 0.25) is 0 Å². The Balaban J connectivity index is 2.35. The molecule has 1 aliphatic carbocycles. The Morgan fingerprint density at radius 3 is 2.44 bits per heavy atom. The van der Waals surface area contributed by atoms with Crippen LogP contribution >= 0.6 is 0 Å². The lowest BCUT2D eigenvalue weighted by Crippen LogP contribution is -2.60. The van der Waals surface area contributed by atoms with E-state index in [0.717, 1.165) is 6.29 Å². The molecule has 1 saturated carbocycles. The van der Waals surface area contributed by atoms with Crippen LogP contribution in [0.3, 0.4) is 0 Å². The van der Waals surface area contributed by atoms with Crippen molar-refractivity contribution in [3.63, 3.8) is 0 Å². The molecule has 32 heavy (non-hydrogen) atoms. The van der Waals surface area contributed by atoms with Crippen LogP contribution in [0.4, 0.5) is 4.79 Å². The number of carbonyl (C=O) groups excluding carboxylic acids is 3. The molecule has 7 nitrogen and oxygen atoms in total. The minimum atomic E-state index is -1.94. The first kappa shape index (κ1) is 27.0. The number of aliphatic hydroxyl groups is 1. The number of ether oxygens (including phenoxy) is 1. The topological polar surface area (TPSA) is 93.1 Å². The summed E-state index contributed by atoms with van der Waals surface area (Å²) in [6.07, 6.45) is 1.88. The standard InChI is InChI=1S/C24H43NO6Si/c1-17-16-20(28)24(18(11-15-26)21(17)31-32(5,6)7)12-9-14-25(13-8-10-19(24)27)22(29)30-23(2,3)4/h15,17-18,20-21,28H,8-14,16H2,1-7H3/t17-,18+,20-,21-,24-/m0/s1. The van der Waals surface area contributed by atoms with Gasteiger partial charge < -0.3 is 24.0 Å². The number of rotatable bonds is 4. The van der Waals surface area contributed by atoms with Gasteiger partial charge >= 0.3 is 6.09 Å². The second-order valence-corrected chi connectivity index (χ2v) is 16.0. The van der Waals surface area contributed by atoms with E-state index in [9.17, 15) is 19.5 Å². The molecule has 2 rings (SSSR count). The molecule has 2 fully saturated rings. The molecule has 0 aromatic heterocycles. The van der Waals surface area contributed by atoms with E-state index in [1.54, 1.807) is 4.90 Å². The summed E-state index contributed by atoms with van der Waals surface area (Å²) < 4.78 is 12.1. The van der Waals surface area contributed by atoms with Crippen LogP contribution in [0.2, 0.25) is 19.6 Å². The molecule has 2 aliphatic rings. The Kier molecular flexibility index (Phi) is 8.73. The molecule has 1 N–H and O–H groups in total. The Morgan fingerprint density at radius 2 is 1.88 bits per heavy atom. The van der Waals surface area contributed by atoms with E-state index in [0.29, 0.717) is 38.8 Å². The first-order chi connectivity index (χ1) is 14.7. The monoisotopic (exact) mass is 469 g/mol. The van der Waals surface area contributed by atoms with Gasteiger partial charge in [0, 0.05) is 31.8 Å². The number of hydrogen-bond donors (Lipinski definition) is 1. The number of aliphatic hydroxyl groups excluding tert-OH is 1. The number of amides is 1. The highest BCUT2D eigenvalue weighted by atomic mass is 28.4. The van der Waals surface area contributed by atoms with Gasteiger partial charge in [-0.2, -0.15) is 0 Å². The second-order valence-electron chi connectivity index (χ2n) is 11.6. The molecule has 8 heteroatoms. The van der Waals surface area contributed by atoms with Crippen molar-refractivity contribution in [2.75, 3.05) is 13.1 Å². The van der Waals surface area contributed by atoms with E-state index in [1.165, 1.54) is 0 Å². The molecule has 1 amide bonds. The maximum atomic E-state index is 13.7. The van der Waals surface area contributed by atoms with E-state index >= 15 is 0 Å². The zero-order valence-corrected chi connectivity index (χ0v) is 22.0. The lowest BCUT2D eigenvalue weighted by Gasteiger charge is -2.53. The van der Waals surface area contributed by atoms with Crippen molar-refractivity contribution in [3.8, 4) is 0 Å². The van der Waals surface area contributed by atoms with Crippen LogP contribution in [0.25, 0.3) is 0 Å². The number of ketones is 1. The first-order valence-electron chi connectivity index (χ1n) is 12.0. The van der Waals surface area contributed by atoms with Crippen molar-refractivity contribution in [1.82, 2.24) is 4.90 Å². The second kappa shape index (κ2) is 10.3. The summed E-state index contributed by atoms with van der Waals surface area (Å²) in [6, 6.07) is 0. The van der Waals surface area contributed by atoms with Gasteiger partial charge in [-0.1, -0.05) is 6.92 Å². The third-order valence-electron chi connectivity index (χ3n) is 6.67. The van der Waals surface area contributed by atoms with Crippen molar-refractivity contribution in [2.45, 2.75) is 104 Å². The average molecular weight is 470 g/mol. The molecule has 184 valence electrons. The zero-order valence-electron chi connectivity index (χ0n) is 21.0. The van der Waals surface area contributed by atoms with Crippen LogP contribution in [0.5, 0.6) is 0 Å². The fraction of sp³-hybridized carbons (Fsp3) is 0.875. The van der Waals surface area contributed by atoms with Crippen LogP contribution < -0.4 is 0 Å². The molecule has 0 bridgehead atoms. The van der Waals surface area contributed by atoms with Gasteiger partial charge in [0.15, 0.2) is 8.32 Å². The molecule has 1 aliphatic heterocycles. The molecule has 0 unspecified atom stereocenters. The Labute approximate surface area is 194 Å². The highest BCUT2D eigenvalue weighted by Crippen LogP contribution is 2.51. The average Bonchev–Trinajstić information content (AvgIpc) is 2.71. The van der Waals surface area contributed by atoms with Gasteiger partial charge in [0.1, 0.15) is 17.7 Å². The molecule has 0 aromatic rings. The summed E-state index contributed by atoms with van der Waals surface area (Å²) in [6.45, 7) is 14.8. The highest BCUT2D eigenvalue weighted by Gasteiger charge is 2.57. The smallest absolute Gasteiger partial charge is 0.410 e. The van der Waals surface area contributed by atoms with Crippen LogP contribution in [-0.4, -0.2) is 67.4 Å². The first-order valence-corrected chi connectivity index (χ1v) is 15.4. The van der Waals surface area contributed by atoms with Gasteiger partial charge in [-0.05, 0) is 72.0 Å². The van der Waals surface area contributed by atoms with Crippen LogP contribution in [0.1, 0.15) is 66.2 Å². The summed E-state index contributed by atoms with van der Waals surface area (Å²) in [4.78, 5) is 39.7. The maximum absolute atomic E-state index is 13.7. The zero-order chi connectivity index (χ0) is 24.3. The molecule has 1 saturated heterocycles. The minimum Gasteiger partial charge on any atom is -0.444 e. The highest BCUT2D eigenvalue weighted by molar-refractivity contribution is 6.69. The third-order valence-corrected chi connectivity index (χ3v) is 7.65.